The standard InChI is InChI=1S/C25H27ClF3N3O2S/c1-2-3-4-5-6-13-32-22(33)16-21(23(34)30-20-12-8-10-18(26)15-20)35-24(32)31-19-11-7-9-17(14-19)25(27,28)29/h7-12,14-15,21H,2-6,13,16H2,1H3,(H,30,34). The van der Waals surface area contributed by atoms with E-state index in [0.717, 1.165) is 56.0 Å². The highest BCUT2D eigenvalue weighted by molar-refractivity contribution is 8.15. The molecule has 5 nitrogen and oxygen atoms in total. The summed E-state index contributed by atoms with van der Waals surface area (Å²) in [6.45, 7) is 2.51. The van der Waals surface area contributed by atoms with E-state index < -0.39 is 22.9 Å². The van der Waals surface area contributed by atoms with Crippen molar-refractivity contribution in [1.29, 1.82) is 0 Å². The summed E-state index contributed by atoms with van der Waals surface area (Å²) < 4.78 is 39.5. The molecule has 188 valence electrons. The number of carbonyl (C=O) groups is 2. The summed E-state index contributed by atoms with van der Waals surface area (Å²) >= 11 is 7.06. The maximum absolute atomic E-state index is 13.2. The van der Waals surface area contributed by atoms with E-state index in [1.54, 1.807) is 24.3 Å². The van der Waals surface area contributed by atoms with E-state index in [0.29, 0.717) is 17.3 Å². The minimum atomic E-state index is -4.51. The van der Waals surface area contributed by atoms with Gasteiger partial charge in [-0.15, -0.1) is 0 Å². The van der Waals surface area contributed by atoms with Crippen LogP contribution in [0.5, 0.6) is 0 Å². The second-order valence-electron chi connectivity index (χ2n) is 8.21. The first-order valence-electron chi connectivity index (χ1n) is 11.5. The molecule has 1 saturated heterocycles. The molecule has 0 bridgehead atoms. The van der Waals surface area contributed by atoms with Gasteiger partial charge in [0.15, 0.2) is 5.17 Å². The van der Waals surface area contributed by atoms with Gasteiger partial charge in [0.25, 0.3) is 0 Å². The zero-order chi connectivity index (χ0) is 25.4. The molecular weight excluding hydrogens is 499 g/mol. The first-order valence-corrected chi connectivity index (χ1v) is 12.7. The van der Waals surface area contributed by atoms with Gasteiger partial charge < -0.3 is 5.32 Å². The lowest BCUT2D eigenvalue weighted by molar-refractivity contribution is -0.137. The number of carbonyl (C=O) groups excluding carboxylic acids is 2. The molecule has 0 aromatic heterocycles. The first kappa shape index (κ1) is 27.1. The zero-order valence-electron chi connectivity index (χ0n) is 19.3. The van der Waals surface area contributed by atoms with Crippen molar-refractivity contribution in [3.63, 3.8) is 0 Å². The number of rotatable bonds is 9. The second kappa shape index (κ2) is 12.4. The van der Waals surface area contributed by atoms with Crippen LogP contribution in [0.25, 0.3) is 0 Å². The fourth-order valence-corrected chi connectivity index (χ4v) is 4.90. The van der Waals surface area contributed by atoms with Gasteiger partial charge in [-0.3, -0.25) is 14.5 Å². The van der Waals surface area contributed by atoms with Crippen LogP contribution in [-0.4, -0.2) is 33.7 Å². The van der Waals surface area contributed by atoms with Gasteiger partial charge in [-0.25, -0.2) is 4.99 Å². The third-order valence-electron chi connectivity index (χ3n) is 5.41. The maximum atomic E-state index is 13.2. The third-order valence-corrected chi connectivity index (χ3v) is 6.83. The molecule has 1 N–H and O–H groups in total. The highest BCUT2D eigenvalue weighted by Crippen LogP contribution is 2.34. The fourth-order valence-electron chi connectivity index (χ4n) is 3.59. The van der Waals surface area contributed by atoms with Crippen LogP contribution in [0.3, 0.4) is 0 Å². The van der Waals surface area contributed by atoms with E-state index in [1.807, 2.05) is 0 Å². The number of hydrogen-bond acceptors (Lipinski definition) is 4. The van der Waals surface area contributed by atoms with E-state index in [2.05, 4.69) is 17.2 Å². The van der Waals surface area contributed by atoms with Crippen LogP contribution in [0.2, 0.25) is 5.02 Å². The van der Waals surface area contributed by atoms with Gasteiger partial charge in [-0.05, 0) is 42.8 Å². The number of nitrogens with zero attached hydrogens (tertiary/aromatic N) is 2. The summed E-state index contributed by atoms with van der Waals surface area (Å²) in [6.07, 6.45) is 0.350. The molecular formula is C25H27ClF3N3O2S. The van der Waals surface area contributed by atoms with Crippen molar-refractivity contribution in [2.75, 3.05) is 11.9 Å². The molecule has 0 radical (unpaired) electrons. The number of amidine groups is 1. The number of nitrogens with one attached hydrogen (secondary N) is 1. The van der Waals surface area contributed by atoms with Crippen LogP contribution in [0.15, 0.2) is 53.5 Å². The number of alkyl halides is 3. The van der Waals surface area contributed by atoms with Crippen molar-refractivity contribution in [3.05, 3.63) is 59.1 Å². The van der Waals surface area contributed by atoms with E-state index in [-0.39, 0.29) is 23.2 Å². The molecule has 1 unspecified atom stereocenters. The maximum Gasteiger partial charge on any atom is 0.416 e. The summed E-state index contributed by atoms with van der Waals surface area (Å²) in [6, 6.07) is 11.3. The number of unbranched alkanes of at least 4 members (excludes halogenated alkanes) is 4. The molecule has 1 atom stereocenters. The average Bonchev–Trinajstić information content (AvgIpc) is 2.80. The van der Waals surface area contributed by atoms with Crippen LogP contribution >= 0.6 is 23.4 Å². The first-order chi connectivity index (χ1) is 16.7. The van der Waals surface area contributed by atoms with E-state index in [4.69, 9.17) is 11.6 Å². The predicted octanol–water partition coefficient (Wildman–Crippen LogP) is 7.29. The van der Waals surface area contributed by atoms with E-state index in [1.165, 1.54) is 17.0 Å². The molecule has 2 amide bonds. The summed E-state index contributed by atoms with van der Waals surface area (Å²) in [7, 11) is 0. The zero-order valence-corrected chi connectivity index (χ0v) is 20.8. The normalized spacial score (nSPS) is 17.6. The third kappa shape index (κ3) is 8.00. The Morgan fingerprint density at radius 1 is 1.14 bits per heavy atom. The molecule has 10 heteroatoms. The summed E-state index contributed by atoms with van der Waals surface area (Å²) in [5.41, 5.74) is -0.264. The largest absolute Gasteiger partial charge is 0.416 e. The number of thioether (sulfide) groups is 1. The highest BCUT2D eigenvalue weighted by Gasteiger charge is 2.36. The van der Waals surface area contributed by atoms with Crippen LogP contribution < -0.4 is 5.32 Å². The lowest BCUT2D eigenvalue weighted by atomic mass is 10.1. The number of benzene rings is 2. The predicted molar refractivity (Wildman–Crippen MR) is 135 cm³/mol. The summed E-state index contributed by atoms with van der Waals surface area (Å²) in [5, 5.41) is 2.65. The molecule has 0 saturated carbocycles. The molecule has 2 aromatic carbocycles. The molecule has 1 heterocycles. The number of hydrogen-bond donors (Lipinski definition) is 1. The Balaban J connectivity index is 1.82. The summed E-state index contributed by atoms with van der Waals surface area (Å²) in [5.74, 6) is -0.679. The molecule has 1 fully saturated rings. The Morgan fingerprint density at radius 2 is 1.89 bits per heavy atom. The number of aliphatic imine (C=N–C) groups is 1. The lowest BCUT2D eigenvalue weighted by Crippen LogP contribution is -2.45. The Morgan fingerprint density at radius 3 is 2.60 bits per heavy atom. The Labute approximate surface area is 212 Å². The Bertz CT molecular complexity index is 1080. The Kier molecular flexibility index (Phi) is 9.63. The van der Waals surface area contributed by atoms with E-state index in [9.17, 15) is 22.8 Å². The van der Waals surface area contributed by atoms with Gasteiger partial charge in [-0.1, -0.05) is 68.1 Å². The van der Waals surface area contributed by atoms with Crippen molar-refractivity contribution in [2.24, 2.45) is 4.99 Å². The van der Waals surface area contributed by atoms with Gasteiger partial charge in [0.1, 0.15) is 5.25 Å². The topological polar surface area (TPSA) is 61.8 Å². The molecule has 1 aliphatic heterocycles. The van der Waals surface area contributed by atoms with Crippen molar-refractivity contribution < 1.29 is 22.8 Å². The summed E-state index contributed by atoms with van der Waals surface area (Å²) in [4.78, 5) is 31.8. The van der Waals surface area contributed by atoms with Gasteiger partial charge in [-0.2, -0.15) is 13.2 Å². The van der Waals surface area contributed by atoms with Crippen LogP contribution in [0.4, 0.5) is 24.5 Å². The smallest absolute Gasteiger partial charge is 0.325 e. The fraction of sp³-hybridized carbons (Fsp3) is 0.400. The van der Waals surface area contributed by atoms with Crippen molar-refractivity contribution >= 4 is 51.7 Å². The molecule has 1 aliphatic rings. The van der Waals surface area contributed by atoms with E-state index >= 15 is 0 Å². The van der Waals surface area contributed by atoms with Crippen molar-refractivity contribution in [2.45, 2.75) is 56.9 Å². The Hall–Kier alpha value is -2.52. The quantitative estimate of drug-likeness (QED) is 0.350. The van der Waals surface area contributed by atoms with Gasteiger partial charge in [0.2, 0.25) is 11.8 Å². The monoisotopic (exact) mass is 525 g/mol. The molecule has 2 aromatic rings. The second-order valence-corrected chi connectivity index (χ2v) is 9.82. The number of amides is 2. The average molecular weight is 526 g/mol. The SMILES string of the molecule is CCCCCCCN1C(=O)CC(C(=O)Nc2cccc(Cl)c2)SC1=Nc1cccc(C(F)(F)F)c1. The van der Waals surface area contributed by atoms with Gasteiger partial charge in [0.05, 0.1) is 11.3 Å². The molecule has 3 rings (SSSR count). The van der Waals surface area contributed by atoms with Gasteiger partial charge in [0, 0.05) is 23.7 Å². The van der Waals surface area contributed by atoms with Crippen LogP contribution in [0.1, 0.15) is 51.0 Å². The number of halogens is 4. The van der Waals surface area contributed by atoms with Crippen LogP contribution in [0, 0.1) is 0 Å². The number of anilines is 1. The minimum Gasteiger partial charge on any atom is -0.325 e. The molecule has 35 heavy (non-hydrogen) atoms. The van der Waals surface area contributed by atoms with Crippen molar-refractivity contribution in [1.82, 2.24) is 4.90 Å². The lowest BCUT2D eigenvalue weighted by Gasteiger charge is -2.32. The molecule has 0 spiro atoms. The molecule has 0 aliphatic carbocycles. The van der Waals surface area contributed by atoms with Gasteiger partial charge >= 0.3 is 6.18 Å². The van der Waals surface area contributed by atoms with Crippen LogP contribution in [-0.2, 0) is 15.8 Å². The highest BCUT2D eigenvalue weighted by atomic mass is 35.5. The van der Waals surface area contributed by atoms with Crippen molar-refractivity contribution in [3.8, 4) is 0 Å². The minimum absolute atomic E-state index is 0.0341.